The zero-order valence-electron chi connectivity index (χ0n) is 19.7. The lowest BCUT2D eigenvalue weighted by Crippen LogP contribution is -2.32. The number of aliphatic hydroxyl groups excluding tert-OH is 1. The highest BCUT2D eigenvalue weighted by atomic mass is 16.5. The van der Waals surface area contributed by atoms with Crippen molar-refractivity contribution in [1.29, 1.82) is 0 Å². The Morgan fingerprint density at radius 1 is 0.818 bits per heavy atom. The van der Waals surface area contributed by atoms with Crippen molar-refractivity contribution in [1.82, 2.24) is 10.2 Å². The van der Waals surface area contributed by atoms with Gasteiger partial charge in [-0.25, -0.2) is 0 Å². The van der Waals surface area contributed by atoms with Crippen molar-refractivity contribution in [3.63, 3.8) is 0 Å². The van der Waals surface area contributed by atoms with Crippen molar-refractivity contribution < 1.29 is 19.3 Å². The monoisotopic (exact) mass is 450 g/mol. The average molecular weight is 451 g/mol. The van der Waals surface area contributed by atoms with Crippen LogP contribution in [0.5, 0.6) is 17.2 Å². The minimum atomic E-state index is -0.613. The quantitative estimate of drug-likeness (QED) is 0.412. The summed E-state index contributed by atoms with van der Waals surface area (Å²) in [5.74, 6) is 2.13. The lowest BCUT2D eigenvalue weighted by Gasteiger charge is -2.21. The number of nitrogens with one attached hydrogen (secondary N) is 1. The second-order valence-corrected chi connectivity index (χ2v) is 8.09. The molecule has 0 heterocycles. The van der Waals surface area contributed by atoms with Gasteiger partial charge in [-0.2, -0.15) is 0 Å². The van der Waals surface area contributed by atoms with E-state index in [4.69, 9.17) is 14.2 Å². The summed E-state index contributed by atoms with van der Waals surface area (Å²) in [6.07, 6.45) is -0.613. The molecular formula is C27H34N2O4. The zero-order chi connectivity index (χ0) is 23.5. The standard InChI is InChI=1S/C27H34N2O4/c1-29(18-21-8-5-4-6-9-21)19-24(30)20-33-27-15-23(12-13-26(27)32-3)17-28-16-22-10-7-11-25(14-22)31-2/h4-15,24,28,30H,16-20H2,1-3H3/t24-/m0/s1. The second-order valence-electron chi connectivity index (χ2n) is 8.09. The SMILES string of the molecule is COc1cccc(CNCc2ccc(OC)c(OC[C@@H](O)CN(C)Cc3ccccc3)c2)c1. The first-order valence-electron chi connectivity index (χ1n) is 11.1. The first-order chi connectivity index (χ1) is 16.1. The third kappa shape index (κ3) is 8.09. The highest BCUT2D eigenvalue weighted by Gasteiger charge is 2.12. The van der Waals surface area contributed by atoms with Gasteiger partial charge in [0.25, 0.3) is 0 Å². The van der Waals surface area contributed by atoms with Gasteiger partial charge in [0, 0.05) is 26.2 Å². The maximum Gasteiger partial charge on any atom is 0.161 e. The first-order valence-corrected chi connectivity index (χ1v) is 11.1. The van der Waals surface area contributed by atoms with Gasteiger partial charge in [-0.1, -0.05) is 48.5 Å². The van der Waals surface area contributed by atoms with Crippen molar-refractivity contribution in [3.8, 4) is 17.2 Å². The predicted molar refractivity (Wildman–Crippen MR) is 131 cm³/mol. The van der Waals surface area contributed by atoms with Gasteiger partial charge < -0.3 is 24.6 Å². The van der Waals surface area contributed by atoms with Gasteiger partial charge in [-0.05, 0) is 48.0 Å². The highest BCUT2D eigenvalue weighted by molar-refractivity contribution is 5.43. The molecule has 0 aliphatic heterocycles. The smallest absolute Gasteiger partial charge is 0.161 e. The van der Waals surface area contributed by atoms with Crippen LogP contribution in [0.15, 0.2) is 72.8 Å². The summed E-state index contributed by atoms with van der Waals surface area (Å²) >= 11 is 0. The van der Waals surface area contributed by atoms with E-state index in [1.165, 1.54) is 5.56 Å². The maximum absolute atomic E-state index is 10.5. The molecule has 0 spiro atoms. The van der Waals surface area contributed by atoms with E-state index >= 15 is 0 Å². The minimum Gasteiger partial charge on any atom is -0.497 e. The largest absolute Gasteiger partial charge is 0.497 e. The van der Waals surface area contributed by atoms with Crippen LogP contribution in [-0.2, 0) is 19.6 Å². The van der Waals surface area contributed by atoms with Gasteiger partial charge in [-0.3, -0.25) is 4.90 Å². The van der Waals surface area contributed by atoms with E-state index in [9.17, 15) is 5.11 Å². The number of hydrogen-bond acceptors (Lipinski definition) is 6. The number of methoxy groups -OCH3 is 2. The molecule has 0 saturated carbocycles. The number of benzene rings is 3. The normalized spacial score (nSPS) is 11.9. The maximum atomic E-state index is 10.5. The lowest BCUT2D eigenvalue weighted by molar-refractivity contribution is 0.0732. The van der Waals surface area contributed by atoms with Crippen LogP contribution in [0.1, 0.15) is 16.7 Å². The molecule has 0 saturated heterocycles. The third-order valence-electron chi connectivity index (χ3n) is 5.27. The molecule has 3 rings (SSSR count). The summed E-state index contributed by atoms with van der Waals surface area (Å²) in [4.78, 5) is 2.08. The average Bonchev–Trinajstić information content (AvgIpc) is 2.83. The van der Waals surface area contributed by atoms with Crippen molar-refractivity contribution in [2.45, 2.75) is 25.7 Å². The molecule has 0 fully saturated rings. The molecular weight excluding hydrogens is 416 g/mol. The van der Waals surface area contributed by atoms with E-state index in [0.717, 1.165) is 30.0 Å². The van der Waals surface area contributed by atoms with Crippen LogP contribution in [0.2, 0.25) is 0 Å². The summed E-state index contributed by atoms with van der Waals surface area (Å²) in [6, 6.07) is 24.1. The number of likely N-dealkylation sites (N-methyl/N-ethyl adjacent to an activating group) is 1. The predicted octanol–water partition coefficient (Wildman–Crippen LogP) is 3.87. The molecule has 3 aromatic rings. The summed E-state index contributed by atoms with van der Waals surface area (Å²) < 4.78 is 16.6. The molecule has 3 aromatic carbocycles. The molecule has 0 unspecified atom stereocenters. The fourth-order valence-electron chi connectivity index (χ4n) is 3.64. The minimum absolute atomic E-state index is 0.191. The van der Waals surface area contributed by atoms with Gasteiger partial charge >= 0.3 is 0 Å². The van der Waals surface area contributed by atoms with E-state index in [-0.39, 0.29) is 6.61 Å². The van der Waals surface area contributed by atoms with Gasteiger partial charge in [0.2, 0.25) is 0 Å². The Morgan fingerprint density at radius 2 is 1.55 bits per heavy atom. The van der Waals surface area contributed by atoms with E-state index in [1.54, 1.807) is 14.2 Å². The summed E-state index contributed by atoms with van der Waals surface area (Å²) in [5, 5.41) is 13.9. The van der Waals surface area contributed by atoms with Crippen LogP contribution in [-0.4, -0.2) is 50.5 Å². The van der Waals surface area contributed by atoms with Crippen LogP contribution in [0.4, 0.5) is 0 Å². The number of nitrogens with zero attached hydrogens (tertiary/aromatic N) is 1. The molecule has 6 nitrogen and oxygen atoms in total. The third-order valence-corrected chi connectivity index (χ3v) is 5.27. The van der Waals surface area contributed by atoms with Crippen LogP contribution >= 0.6 is 0 Å². The second kappa shape index (κ2) is 12.8. The molecule has 2 N–H and O–H groups in total. The van der Waals surface area contributed by atoms with Crippen molar-refractivity contribution in [2.24, 2.45) is 0 Å². The van der Waals surface area contributed by atoms with Crippen molar-refractivity contribution in [3.05, 3.63) is 89.5 Å². The van der Waals surface area contributed by atoms with E-state index in [0.29, 0.717) is 24.6 Å². The van der Waals surface area contributed by atoms with Crippen LogP contribution in [0.25, 0.3) is 0 Å². The fraction of sp³-hybridized carbons (Fsp3) is 0.333. The molecule has 1 atom stereocenters. The lowest BCUT2D eigenvalue weighted by atomic mass is 10.1. The molecule has 6 heteroatoms. The topological polar surface area (TPSA) is 63.2 Å². The number of hydrogen-bond donors (Lipinski definition) is 2. The van der Waals surface area contributed by atoms with Crippen molar-refractivity contribution >= 4 is 0 Å². The van der Waals surface area contributed by atoms with E-state index in [2.05, 4.69) is 28.4 Å². The highest BCUT2D eigenvalue weighted by Crippen LogP contribution is 2.28. The molecule has 176 valence electrons. The molecule has 0 amide bonds. The summed E-state index contributed by atoms with van der Waals surface area (Å²) in [7, 11) is 5.28. The zero-order valence-corrected chi connectivity index (χ0v) is 19.7. The Morgan fingerprint density at radius 3 is 2.27 bits per heavy atom. The summed E-state index contributed by atoms with van der Waals surface area (Å²) in [6.45, 7) is 2.89. The molecule has 0 radical (unpaired) electrons. The Kier molecular flexibility index (Phi) is 9.57. The molecule has 0 bridgehead atoms. The van der Waals surface area contributed by atoms with Gasteiger partial charge in [0.1, 0.15) is 18.5 Å². The molecule has 0 aromatic heterocycles. The van der Waals surface area contributed by atoms with E-state index < -0.39 is 6.10 Å². The Balaban J connectivity index is 1.50. The number of ether oxygens (including phenoxy) is 3. The molecule has 0 aliphatic rings. The molecule has 0 aliphatic carbocycles. The van der Waals surface area contributed by atoms with Crippen molar-refractivity contribution in [2.75, 3.05) is 34.4 Å². The van der Waals surface area contributed by atoms with Gasteiger partial charge in [0.05, 0.1) is 14.2 Å². The van der Waals surface area contributed by atoms with Gasteiger partial charge in [-0.15, -0.1) is 0 Å². The summed E-state index contributed by atoms with van der Waals surface area (Å²) in [5.41, 5.74) is 3.44. The van der Waals surface area contributed by atoms with Gasteiger partial charge in [0.15, 0.2) is 11.5 Å². The van der Waals surface area contributed by atoms with Crippen LogP contribution < -0.4 is 19.5 Å². The first kappa shape index (κ1) is 24.6. The fourth-order valence-corrected chi connectivity index (χ4v) is 3.64. The number of rotatable bonds is 13. The Hall–Kier alpha value is -3.06. The Labute approximate surface area is 196 Å². The number of aliphatic hydroxyl groups is 1. The molecule has 33 heavy (non-hydrogen) atoms. The van der Waals surface area contributed by atoms with E-state index in [1.807, 2.05) is 61.6 Å². The van der Waals surface area contributed by atoms with Crippen LogP contribution in [0, 0.1) is 0 Å². The Bertz CT molecular complexity index is 981. The van der Waals surface area contributed by atoms with Crippen LogP contribution in [0.3, 0.4) is 0 Å².